The molecule has 2 aromatic heterocycles. The minimum Gasteiger partial charge on any atom is -0.343 e. The van der Waals surface area contributed by atoms with E-state index in [1.807, 2.05) is 34.2 Å². The second kappa shape index (κ2) is 7.55. The van der Waals surface area contributed by atoms with Gasteiger partial charge in [-0.25, -0.2) is 0 Å². The van der Waals surface area contributed by atoms with E-state index in [0.29, 0.717) is 5.92 Å². The van der Waals surface area contributed by atoms with E-state index in [1.165, 1.54) is 0 Å². The van der Waals surface area contributed by atoms with Crippen molar-refractivity contribution in [1.29, 1.82) is 0 Å². The number of hydrogen-bond acceptors (Lipinski definition) is 4. The van der Waals surface area contributed by atoms with Crippen molar-refractivity contribution < 1.29 is 4.79 Å². The molecule has 0 bridgehead atoms. The number of aromatic nitrogens is 4. The van der Waals surface area contributed by atoms with Crippen LogP contribution in [-0.4, -0.2) is 43.6 Å². The fraction of sp³-hybridized carbons (Fsp3) is 0.556. The summed E-state index contributed by atoms with van der Waals surface area (Å²) in [6.45, 7) is 6.40. The van der Waals surface area contributed by atoms with Crippen LogP contribution in [0.4, 0.5) is 0 Å². The highest BCUT2D eigenvalue weighted by molar-refractivity contribution is 5.73. The van der Waals surface area contributed by atoms with Gasteiger partial charge in [0.15, 0.2) is 0 Å². The fourth-order valence-corrected chi connectivity index (χ4v) is 3.28. The molecule has 6 heteroatoms. The van der Waals surface area contributed by atoms with Crippen molar-refractivity contribution in [2.75, 3.05) is 13.1 Å². The lowest BCUT2D eigenvalue weighted by Crippen LogP contribution is -2.37. The van der Waals surface area contributed by atoms with Crippen molar-refractivity contribution in [3.05, 3.63) is 30.4 Å². The minimum atomic E-state index is 0.182. The van der Waals surface area contributed by atoms with Crippen molar-refractivity contribution >= 4 is 5.91 Å². The van der Waals surface area contributed by atoms with Gasteiger partial charge in [-0.05, 0) is 37.7 Å². The number of carbonyl (C=O) groups is 1. The fourth-order valence-electron chi connectivity index (χ4n) is 3.28. The van der Waals surface area contributed by atoms with Gasteiger partial charge >= 0.3 is 0 Å². The van der Waals surface area contributed by atoms with Gasteiger partial charge in [0, 0.05) is 39.0 Å². The number of carbonyl (C=O) groups excluding carboxylic acids is 1. The number of likely N-dealkylation sites (tertiary alicyclic amines) is 1. The Bertz CT molecular complexity index is 671. The normalized spacial score (nSPS) is 15.7. The molecule has 1 saturated heterocycles. The highest BCUT2D eigenvalue weighted by Crippen LogP contribution is 2.22. The summed E-state index contributed by atoms with van der Waals surface area (Å²) in [5, 5.41) is 4.34. The van der Waals surface area contributed by atoms with Crippen LogP contribution in [0.2, 0.25) is 0 Å². The SMILES string of the molecule is CCCn1nccc1-c1cnc(CC2CCN(C(C)=O)CC2)cn1. The Morgan fingerprint density at radius 3 is 2.67 bits per heavy atom. The maximum Gasteiger partial charge on any atom is 0.219 e. The van der Waals surface area contributed by atoms with Crippen LogP contribution in [0.25, 0.3) is 11.4 Å². The standard InChI is InChI=1S/C18H25N5O/c1-3-8-23-18(4-7-21-23)17-13-19-16(12-20-17)11-15-5-9-22(10-6-15)14(2)24/h4,7,12-13,15H,3,5-6,8-11H2,1-2H3. The first-order valence-electron chi connectivity index (χ1n) is 8.76. The molecule has 2 aromatic rings. The summed E-state index contributed by atoms with van der Waals surface area (Å²) in [7, 11) is 0. The van der Waals surface area contributed by atoms with Crippen molar-refractivity contribution in [2.24, 2.45) is 5.92 Å². The van der Waals surface area contributed by atoms with Crippen LogP contribution < -0.4 is 0 Å². The number of hydrogen-bond donors (Lipinski definition) is 0. The Hall–Kier alpha value is -2.24. The summed E-state index contributed by atoms with van der Waals surface area (Å²) in [5.41, 5.74) is 2.92. The van der Waals surface area contributed by atoms with Gasteiger partial charge in [0.25, 0.3) is 0 Å². The maximum atomic E-state index is 11.4. The van der Waals surface area contributed by atoms with Gasteiger partial charge in [-0.3, -0.25) is 19.4 Å². The Morgan fingerprint density at radius 2 is 2.04 bits per heavy atom. The molecule has 0 N–H and O–H groups in total. The van der Waals surface area contributed by atoms with Gasteiger partial charge in [-0.15, -0.1) is 0 Å². The molecule has 0 aromatic carbocycles. The first kappa shape index (κ1) is 16.6. The van der Waals surface area contributed by atoms with E-state index in [9.17, 15) is 4.79 Å². The zero-order chi connectivity index (χ0) is 16.9. The predicted octanol–water partition coefficient (Wildman–Crippen LogP) is 2.55. The molecule has 0 saturated carbocycles. The molecular weight excluding hydrogens is 302 g/mol. The lowest BCUT2D eigenvalue weighted by Gasteiger charge is -2.31. The number of amides is 1. The summed E-state index contributed by atoms with van der Waals surface area (Å²) in [5.74, 6) is 0.771. The number of aryl methyl sites for hydroxylation is 1. The van der Waals surface area contributed by atoms with E-state index in [2.05, 4.69) is 22.0 Å². The predicted molar refractivity (Wildman–Crippen MR) is 92.2 cm³/mol. The van der Waals surface area contributed by atoms with E-state index in [1.54, 1.807) is 6.92 Å². The van der Waals surface area contributed by atoms with Gasteiger partial charge in [0.1, 0.15) is 5.69 Å². The van der Waals surface area contributed by atoms with Gasteiger partial charge < -0.3 is 4.90 Å². The Morgan fingerprint density at radius 1 is 1.25 bits per heavy atom. The number of piperidine rings is 1. The zero-order valence-electron chi connectivity index (χ0n) is 14.5. The Labute approximate surface area is 142 Å². The van der Waals surface area contributed by atoms with Crippen LogP contribution in [0.5, 0.6) is 0 Å². The molecule has 3 heterocycles. The average molecular weight is 327 g/mol. The molecule has 1 amide bonds. The molecule has 0 unspecified atom stereocenters. The molecular formula is C18H25N5O. The first-order chi connectivity index (χ1) is 11.7. The molecule has 1 aliphatic heterocycles. The molecule has 24 heavy (non-hydrogen) atoms. The van der Waals surface area contributed by atoms with Crippen molar-refractivity contribution in [1.82, 2.24) is 24.6 Å². The topological polar surface area (TPSA) is 63.9 Å². The molecule has 1 aliphatic rings. The molecule has 1 fully saturated rings. The number of nitrogens with zero attached hydrogens (tertiary/aromatic N) is 5. The lowest BCUT2D eigenvalue weighted by molar-refractivity contribution is -0.130. The van der Waals surface area contributed by atoms with Gasteiger partial charge in [-0.1, -0.05) is 6.92 Å². The van der Waals surface area contributed by atoms with Crippen LogP contribution in [0, 0.1) is 5.92 Å². The van der Waals surface area contributed by atoms with E-state index in [0.717, 1.165) is 62.4 Å². The highest BCUT2D eigenvalue weighted by Gasteiger charge is 2.21. The summed E-state index contributed by atoms with van der Waals surface area (Å²) < 4.78 is 1.97. The van der Waals surface area contributed by atoms with Crippen LogP contribution in [0.3, 0.4) is 0 Å². The van der Waals surface area contributed by atoms with Gasteiger partial charge in [0.05, 0.1) is 17.6 Å². The lowest BCUT2D eigenvalue weighted by atomic mass is 9.92. The summed E-state index contributed by atoms with van der Waals surface area (Å²) in [6.07, 6.45) is 9.62. The quantitative estimate of drug-likeness (QED) is 0.846. The van der Waals surface area contributed by atoms with Crippen molar-refractivity contribution in [2.45, 2.75) is 46.1 Å². The largest absolute Gasteiger partial charge is 0.343 e. The number of rotatable bonds is 5. The third-order valence-electron chi connectivity index (χ3n) is 4.68. The van der Waals surface area contributed by atoms with E-state index >= 15 is 0 Å². The van der Waals surface area contributed by atoms with Crippen molar-refractivity contribution in [3.8, 4) is 11.4 Å². The van der Waals surface area contributed by atoms with Crippen LogP contribution in [0.15, 0.2) is 24.7 Å². The maximum absolute atomic E-state index is 11.4. The van der Waals surface area contributed by atoms with E-state index < -0.39 is 0 Å². The van der Waals surface area contributed by atoms with Crippen LogP contribution in [-0.2, 0) is 17.8 Å². The highest BCUT2D eigenvalue weighted by atomic mass is 16.2. The second-order valence-electron chi connectivity index (χ2n) is 6.49. The van der Waals surface area contributed by atoms with Gasteiger partial charge in [0.2, 0.25) is 5.91 Å². The molecule has 6 nitrogen and oxygen atoms in total. The molecule has 0 spiro atoms. The second-order valence-corrected chi connectivity index (χ2v) is 6.49. The minimum absolute atomic E-state index is 0.182. The summed E-state index contributed by atoms with van der Waals surface area (Å²) in [4.78, 5) is 22.5. The molecule has 128 valence electrons. The summed E-state index contributed by atoms with van der Waals surface area (Å²) >= 11 is 0. The van der Waals surface area contributed by atoms with Gasteiger partial charge in [-0.2, -0.15) is 5.10 Å². The molecule has 0 radical (unpaired) electrons. The van der Waals surface area contributed by atoms with E-state index in [4.69, 9.17) is 0 Å². The molecule has 3 rings (SSSR count). The zero-order valence-corrected chi connectivity index (χ0v) is 14.5. The molecule has 0 atom stereocenters. The first-order valence-corrected chi connectivity index (χ1v) is 8.76. The van der Waals surface area contributed by atoms with Crippen molar-refractivity contribution in [3.63, 3.8) is 0 Å². The Balaban J connectivity index is 1.61. The Kier molecular flexibility index (Phi) is 5.23. The third-order valence-corrected chi connectivity index (χ3v) is 4.68. The molecule has 0 aliphatic carbocycles. The van der Waals surface area contributed by atoms with Crippen LogP contribution >= 0.6 is 0 Å². The smallest absolute Gasteiger partial charge is 0.219 e. The summed E-state index contributed by atoms with van der Waals surface area (Å²) in [6, 6.07) is 1.98. The van der Waals surface area contributed by atoms with Crippen LogP contribution in [0.1, 0.15) is 38.8 Å². The van der Waals surface area contributed by atoms with E-state index in [-0.39, 0.29) is 5.91 Å². The third kappa shape index (κ3) is 3.80. The average Bonchev–Trinajstić information content (AvgIpc) is 3.05. The monoisotopic (exact) mass is 327 g/mol.